The molecular formula is C16H10Cl2O3S. The number of carbonyl (C=O) groups is 1. The number of methoxy groups -OCH3 is 1. The van der Waals surface area contributed by atoms with E-state index in [1.807, 2.05) is 12.1 Å². The van der Waals surface area contributed by atoms with Crippen LogP contribution >= 0.6 is 34.5 Å². The molecule has 0 aliphatic carbocycles. The number of para-hydroxylation sites is 1. The van der Waals surface area contributed by atoms with Crippen LogP contribution in [-0.4, -0.2) is 13.1 Å². The highest BCUT2D eigenvalue weighted by atomic mass is 35.5. The largest absolute Gasteiger partial charge is 0.497 e. The van der Waals surface area contributed by atoms with Crippen molar-refractivity contribution in [3.63, 3.8) is 0 Å². The molecule has 2 aromatic carbocycles. The quantitative estimate of drug-likeness (QED) is 0.465. The lowest BCUT2D eigenvalue weighted by molar-refractivity contribution is 0.0740. The Hall–Kier alpha value is -1.75. The van der Waals surface area contributed by atoms with Gasteiger partial charge in [-0.05, 0) is 30.3 Å². The number of hydrogen-bond donors (Lipinski definition) is 0. The van der Waals surface area contributed by atoms with Crippen molar-refractivity contribution in [3.05, 3.63) is 57.4 Å². The summed E-state index contributed by atoms with van der Waals surface area (Å²) in [6.07, 6.45) is 0. The summed E-state index contributed by atoms with van der Waals surface area (Å²) >= 11 is 13.5. The fourth-order valence-electron chi connectivity index (χ4n) is 1.98. The van der Waals surface area contributed by atoms with E-state index < -0.39 is 5.97 Å². The summed E-state index contributed by atoms with van der Waals surface area (Å²) in [6, 6.07) is 12.2. The van der Waals surface area contributed by atoms with Crippen LogP contribution in [0, 0.1) is 0 Å². The molecule has 0 fully saturated rings. The summed E-state index contributed by atoms with van der Waals surface area (Å²) in [5.74, 6) is 0.481. The summed E-state index contributed by atoms with van der Waals surface area (Å²) in [5.41, 5.74) is 0. The van der Waals surface area contributed by atoms with Crippen LogP contribution in [0.3, 0.4) is 0 Å². The molecule has 0 atom stereocenters. The van der Waals surface area contributed by atoms with Gasteiger partial charge in [-0.15, -0.1) is 11.3 Å². The predicted molar refractivity (Wildman–Crippen MR) is 89.8 cm³/mol. The Morgan fingerprint density at radius 1 is 1.14 bits per heavy atom. The zero-order valence-corrected chi connectivity index (χ0v) is 13.8. The van der Waals surface area contributed by atoms with Gasteiger partial charge in [0, 0.05) is 10.1 Å². The molecule has 0 aliphatic rings. The number of ether oxygens (including phenoxy) is 2. The number of hydrogen-bond acceptors (Lipinski definition) is 4. The minimum atomic E-state index is -0.529. The van der Waals surface area contributed by atoms with Gasteiger partial charge >= 0.3 is 5.97 Å². The van der Waals surface area contributed by atoms with Gasteiger partial charge in [-0.1, -0.05) is 35.3 Å². The van der Waals surface area contributed by atoms with Crippen LogP contribution < -0.4 is 9.47 Å². The third-order valence-corrected chi connectivity index (χ3v) is 5.01. The van der Waals surface area contributed by atoms with Crippen molar-refractivity contribution in [2.75, 3.05) is 7.11 Å². The Labute approximate surface area is 141 Å². The number of halogens is 2. The number of fused-ring (bicyclic) bond motifs is 1. The molecule has 3 rings (SSSR count). The molecule has 0 bridgehead atoms. The van der Waals surface area contributed by atoms with E-state index in [9.17, 15) is 4.79 Å². The molecule has 6 heteroatoms. The van der Waals surface area contributed by atoms with Crippen molar-refractivity contribution in [1.82, 2.24) is 0 Å². The van der Waals surface area contributed by atoms with Crippen LogP contribution in [0.5, 0.6) is 11.5 Å². The zero-order chi connectivity index (χ0) is 15.7. The van der Waals surface area contributed by atoms with Gasteiger partial charge in [-0.2, -0.15) is 0 Å². The van der Waals surface area contributed by atoms with Gasteiger partial charge in [0.15, 0.2) is 0 Å². The van der Waals surface area contributed by atoms with E-state index in [1.165, 1.54) is 11.3 Å². The molecule has 0 unspecified atom stereocenters. The third kappa shape index (κ3) is 2.77. The molecule has 0 amide bonds. The van der Waals surface area contributed by atoms with E-state index in [0.29, 0.717) is 26.4 Å². The first-order chi connectivity index (χ1) is 10.6. The summed E-state index contributed by atoms with van der Waals surface area (Å²) in [6.45, 7) is 0. The SMILES string of the molecule is COc1ccc2c(Cl)c(C(=O)Oc3ccccc3Cl)sc2c1. The van der Waals surface area contributed by atoms with E-state index in [-0.39, 0.29) is 0 Å². The minimum absolute atomic E-state index is 0.306. The molecule has 22 heavy (non-hydrogen) atoms. The number of benzene rings is 2. The lowest BCUT2D eigenvalue weighted by atomic mass is 10.2. The molecule has 1 heterocycles. The van der Waals surface area contributed by atoms with E-state index >= 15 is 0 Å². The summed E-state index contributed by atoms with van der Waals surface area (Å²) in [4.78, 5) is 12.7. The minimum Gasteiger partial charge on any atom is -0.497 e. The summed E-state index contributed by atoms with van der Waals surface area (Å²) < 4.78 is 11.4. The van der Waals surface area contributed by atoms with Gasteiger partial charge in [0.25, 0.3) is 0 Å². The summed E-state index contributed by atoms with van der Waals surface area (Å²) in [7, 11) is 1.59. The highest BCUT2D eigenvalue weighted by Gasteiger charge is 2.20. The lowest BCUT2D eigenvalue weighted by Crippen LogP contribution is -2.07. The molecule has 0 N–H and O–H groups in total. The fraction of sp³-hybridized carbons (Fsp3) is 0.0625. The van der Waals surface area contributed by atoms with Crippen molar-refractivity contribution >= 4 is 50.6 Å². The maximum atomic E-state index is 12.3. The number of carbonyl (C=O) groups excluding carboxylic acids is 1. The topological polar surface area (TPSA) is 35.5 Å². The molecule has 0 saturated carbocycles. The van der Waals surface area contributed by atoms with E-state index in [4.69, 9.17) is 32.7 Å². The van der Waals surface area contributed by atoms with Crippen LogP contribution in [0.1, 0.15) is 9.67 Å². The van der Waals surface area contributed by atoms with Crippen LogP contribution in [0.25, 0.3) is 10.1 Å². The molecule has 0 radical (unpaired) electrons. The van der Waals surface area contributed by atoms with Crippen LogP contribution in [0.2, 0.25) is 10.0 Å². The number of esters is 1. The van der Waals surface area contributed by atoms with E-state index in [2.05, 4.69) is 0 Å². The van der Waals surface area contributed by atoms with Crippen LogP contribution in [0.15, 0.2) is 42.5 Å². The molecule has 0 saturated heterocycles. The average molecular weight is 353 g/mol. The molecule has 112 valence electrons. The Morgan fingerprint density at radius 2 is 1.91 bits per heavy atom. The van der Waals surface area contributed by atoms with Crippen LogP contribution in [-0.2, 0) is 0 Å². The van der Waals surface area contributed by atoms with Gasteiger partial charge in [-0.25, -0.2) is 4.79 Å². The fourth-order valence-corrected chi connectivity index (χ4v) is 3.57. The van der Waals surface area contributed by atoms with Gasteiger partial charge in [0.1, 0.15) is 16.4 Å². The van der Waals surface area contributed by atoms with Gasteiger partial charge in [0.05, 0.1) is 17.2 Å². The molecule has 0 aliphatic heterocycles. The highest BCUT2D eigenvalue weighted by molar-refractivity contribution is 7.21. The smallest absolute Gasteiger partial charge is 0.355 e. The standard InChI is InChI=1S/C16H10Cl2O3S/c1-20-9-6-7-10-13(8-9)22-15(14(10)18)16(19)21-12-5-3-2-4-11(12)17/h2-8H,1H3. The Balaban J connectivity index is 1.97. The molecular weight excluding hydrogens is 343 g/mol. The number of thiophene rings is 1. The molecule has 1 aromatic heterocycles. The Kier molecular flexibility index (Phi) is 4.25. The summed E-state index contributed by atoms with van der Waals surface area (Å²) in [5, 5.41) is 1.54. The van der Waals surface area contributed by atoms with Crippen molar-refractivity contribution in [3.8, 4) is 11.5 Å². The second-order valence-corrected chi connectivity index (χ2v) is 6.26. The first kappa shape index (κ1) is 15.2. The van der Waals surface area contributed by atoms with Gasteiger partial charge in [-0.3, -0.25) is 0 Å². The van der Waals surface area contributed by atoms with Crippen LogP contribution in [0.4, 0.5) is 0 Å². The second-order valence-electron chi connectivity index (χ2n) is 4.43. The van der Waals surface area contributed by atoms with Crippen molar-refractivity contribution in [2.24, 2.45) is 0 Å². The van der Waals surface area contributed by atoms with Gasteiger partial charge in [0.2, 0.25) is 0 Å². The Bertz CT molecular complexity index is 858. The third-order valence-electron chi connectivity index (χ3n) is 3.06. The highest BCUT2D eigenvalue weighted by Crippen LogP contribution is 2.38. The molecule has 0 spiro atoms. The lowest BCUT2D eigenvalue weighted by Gasteiger charge is -2.04. The molecule has 3 aromatic rings. The average Bonchev–Trinajstić information content (AvgIpc) is 2.86. The van der Waals surface area contributed by atoms with E-state index in [1.54, 1.807) is 37.4 Å². The second kappa shape index (κ2) is 6.16. The van der Waals surface area contributed by atoms with Crippen molar-refractivity contribution < 1.29 is 14.3 Å². The first-order valence-electron chi connectivity index (χ1n) is 6.33. The number of rotatable bonds is 3. The monoisotopic (exact) mass is 352 g/mol. The van der Waals surface area contributed by atoms with Gasteiger partial charge < -0.3 is 9.47 Å². The first-order valence-corrected chi connectivity index (χ1v) is 7.90. The van der Waals surface area contributed by atoms with Crippen molar-refractivity contribution in [1.29, 1.82) is 0 Å². The molecule has 3 nitrogen and oxygen atoms in total. The maximum absolute atomic E-state index is 12.3. The normalized spacial score (nSPS) is 10.7. The van der Waals surface area contributed by atoms with Crippen molar-refractivity contribution in [2.45, 2.75) is 0 Å². The zero-order valence-electron chi connectivity index (χ0n) is 11.4. The predicted octanol–water partition coefficient (Wildman–Crippen LogP) is 5.44. The maximum Gasteiger partial charge on any atom is 0.355 e. The Morgan fingerprint density at radius 3 is 2.64 bits per heavy atom. The van der Waals surface area contributed by atoms with E-state index in [0.717, 1.165) is 10.1 Å².